The summed E-state index contributed by atoms with van der Waals surface area (Å²) in [6.07, 6.45) is 0. The first-order valence-corrected chi connectivity index (χ1v) is 11.0. The summed E-state index contributed by atoms with van der Waals surface area (Å²) < 4.78 is 10.2. The van der Waals surface area contributed by atoms with Gasteiger partial charge in [0.05, 0.1) is 29.3 Å². The fraction of sp³-hybridized carbons (Fsp3) is 0.217. The van der Waals surface area contributed by atoms with E-state index in [0.29, 0.717) is 5.69 Å². The van der Waals surface area contributed by atoms with E-state index < -0.39 is 29.4 Å². The molecule has 10 nitrogen and oxygen atoms in total. The highest BCUT2D eigenvalue weighted by molar-refractivity contribution is 7.17. The maximum Gasteiger partial charge on any atom is 0.350 e. The number of nitro groups is 1. The zero-order chi connectivity index (χ0) is 24.7. The first-order valence-electron chi connectivity index (χ1n) is 10.2. The quantitative estimate of drug-likeness (QED) is 0.254. The van der Waals surface area contributed by atoms with Crippen LogP contribution < -0.4 is 4.90 Å². The lowest BCUT2D eigenvalue weighted by atomic mass is 10.2. The molecule has 1 amide bonds. The molecule has 0 fully saturated rings. The van der Waals surface area contributed by atoms with Crippen molar-refractivity contribution in [3.05, 3.63) is 86.4 Å². The molecule has 0 radical (unpaired) electrons. The highest BCUT2D eigenvalue weighted by atomic mass is 32.1. The second-order valence-corrected chi connectivity index (χ2v) is 7.96. The number of ether oxygens (including phenoxy) is 2. The summed E-state index contributed by atoms with van der Waals surface area (Å²) in [5, 5.41) is 11.2. The minimum Gasteiger partial charge on any atom is -0.462 e. The Labute approximate surface area is 198 Å². The number of carbonyl (C=O) groups is 3. The molecule has 0 aliphatic heterocycles. The Kier molecular flexibility index (Phi) is 8.04. The Morgan fingerprint density at radius 3 is 2.47 bits per heavy atom. The van der Waals surface area contributed by atoms with Gasteiger partial charge in [0.15, 0.2) is 11.7 Å². The van der Waals surface area contributed by atoms with Crippen LogP contribution in [0.5, 0.6) is 0 Å². The van der Waals surface area contributed by atoms with E-state index in [1.165, 1.54) is 23.1 Å². The van der Waals surface area contributed by atoms with Gasteiger partial charge in [-0.15, -0.1) is 0 Å². The Balaban J connectivity index is 1.81. The highest BCUT2D eigenvalue weighted by Gasteiger charge is 2.25. The third-order valence-electron chi connectivity index (χ3n) is 4.58. The predicted molar refractivity (Wildman–Crippen MR) is 124 cm³/mol. The van der Waals surface area contributed by atoms with Crippen LogP contribution in [-0.4, -0.2) is 41.0 Å². The van der Waals surface area contributed by atoms with Crippen molar-refractivity contribution < 1.29 is 28.8 Å². The highest BCUT2D eigenvalue weighted by Crippen LogP contribution is 2.28. The van der Waals surface area contributed by atoms with Crippen LogP contribution in [0.15, 0.2) is 54.6 Å². The minimum atomic E-state index is -0.876. The molecule has 1 aromatic heterocycles. The summed E-state index contributed by atoms with van der Waals surface area (Å²) >= 11 is 1.00. The second kappa shape index (κ2) is 11.1. The number of thiazole rings is 1. The molecule has 3 aromatic rings. The van der Waals surface area contributed by atoms with Crippen molar-refractivity contribution >= 4 is 40.0 Å². The van der Waals surface area contributed by atoms with Crippen LogP contribution in [0.3, 0.4) is 0 Å². The monoisotopic (exact) mass is 483 g/mol. The molecule has 0 saturated heterocycles. The second-order valence-electron chi connectivity index (χ2n) is 6.98. The fourth-order valence-electron chi connectivity index (χ4n) is 2.95. The summed E-state index contributed by atoms with van der Waals surface area (Å²) in [5.41, 5.74) is 0.895. The largest absolute Gasteiger partial charge is 0.462 e. The molecule has 1 heterocycles. The molecule has 11 heteroatoms. The molecular formula is C23H21N3O7S. The van der Waals surface area contributed by atoms with Crippen LogP contribution in [0.1, 0.15) is 38.2 Å². The smallest absolute Gasteiger partial charge is 0.350 e. The summed E-state index contributed by atoms with van der Waals surface area (Å²) in [7, 11) is 0. The molecule has 176 valence electrons. The van der Waals surface area contributed by atoms with Gasteiger partial charge < -0.3 is 9.47 Å². The number of hydrogen-bond acceptors (Lipinski definition) is 9. The Hall–Kier alpha value is -4.12. The van der Waals surface area contributed by atoms with Crippen LogP contribution in [0.4, 0.5) is 10.8 Å². The number of carbonyl (C=O) groups excluding carboxylic acids is 3. The van der Waals surface area contributed by atoms with Crippen molar-refractivity contribution in [1.29, 1.82) is 0 Å². The first-order chi connectivity index (χ1) is 16.3. The molecule has 0 unspecified atom stereocenters. The van der Waals surface area contributed by atoms with Gasteiger partial charge in [-0.2, -0.15) is 0 Å². The normalized spacial score (nSPS) is 10.4. The molecule has 0 atom stereocenters. The van der Waals surface area contributed by atoms with Gasteiger partial charge in [0.2, 0.25) is 0 Å². The van der Waals surface area contributed by atoms with Crippen molar-refractivity contribution in [1.82, 2.24) is 4.98 Å². The lowest BCUT2D eigenvalue weighted by Crippen LogP contribution is -2.34. The van der Waals surface area contributed by atoms with E-state index in [2.05, 4.69) is 4.98 Å². The number of nitrogens with zero attached hydrogens (tertiary/aromatic N) is 3. The molecular weight excluding hydrogens is 462 g/mol. The van der Waals surface area contributed by atoms with E-state index in [4.69, 9.17) is 9.47 Å². The molecule has 34 heavy (non-hydrogen) atoms. The number of non-ortho nitro benzene ring substituents is 1. The molecule has 0 spiro atoms. The number of rotatable bonds is 9. The Morgan fingerprint density at radius 2 is 1.79 bits per heavy atom. The summed E-state index contributed by atoms with van der Waals surface area (Å²) in [6, 6.07) is 14.1. The van der Waals surface area contributed by atoms with Gasteiger partial charge in [0.25, 0.3) is 11.6 Å². The molecule has 0 aliphatic rings. The molecule has 0 N–H and O–H groups in total. The maximum absolute atomic E-state index is 13.1. The van der Waals surface area contributed by atoms with Gasteiger partial charge >= 0.3 is 11.9 Å². The minimum absolute atomic E-state index is 0.0497. The molecule has 2 aromatic carbocycles. The third-order valence-corrected chi connectivity index (χ3v) is 5.74. The summed E-state index contributed by atoms with van der Waals surface area (Å²) in [4.78, 5) is 53.9. The van der Waals surface area contributed by atoms with E-state index in [9.17, 15) is 24.5 Å². The number of aryl methyl sites for hydroxylation is 1. The number of hydrogen-bond donors (Lipinski definition) is 0. The summed E-state index contributed by atoms with van der Waals surface area (Å²) in [5.74, 6) is -1.99. The zero-order valence-electron chi connectivity index (χ0n) is 18.4. The van der Waals surface area contributed by atoms with Crippen molar-refractivity contribution in [2.45, 2.75) is 20.4 Å². The predicted octanol–water partition coefficient (Wildman–Crippen LogP) is 3.93. The van der Waals surface area contributed by atoms with E-state index in [1.807, 2.05) is 30.3 Å². The topological polar surface area (TPSA) is 129 Å². The van der Waals surface area contributed by atoms with Gasteiger partial charge in [0, 0.05) is 12.1 Å². The van der Waals surface area contributed by atoms with Crippen LogP contribution in [0.2, 0.25) is 0 Å². The lowest BCUT2D eigenvalue weighted by Gasteiger charge is -2.20. The van der Waals surface area contributed by atoms with Crippen LogP contribution in [0.25, 0.3) is 0 Å². The van der Waals surface area contributed by atoms with Crippen LogP contribution >= 0.6 is 11.3 Å². The van der Waals surface area contributed by atoms with Gasteiger partial charge in [-0.1, -0.05) is 47.7 Å². The number of esters is 2. The van der Waals surface area contributed by atoms with Gasteiger partial charge in [-0.25, -0.2) is 14.6 Å². The van der Waals surface area contributed by atoms with E-state index in [1.54, 1.807) is 13.8 Å². The van der Waals surface area contributed by atoms with E-state index in [-0.39, 0.29) is 34.4 Å². The molecule has 3 rings (SSSR count). The van der Waals surface area contributed by atoms with Crippen molar-refractivity contribution in [3.63, 3.8) is 0 Å². The number of nitro benzene ring substituents is 1. The van der Waals surface area contributed by atoms with E-state index >= 15 is 0 Å². The fourth-order valence-corrected chi connectivity index (χ4v) is 3.92. The van der Waals surface area contributed by atoms with Crippen molar-refractivity contribution in [2.75, 3.05) is 18.1 Å². The SMILES string of the molecule is CCOC(=O)c1sc(N(Cc2ccccc2)C(=O)COC(=O)c2cccc([N+](=O)[O-])c2)nc1C. The zero-order valence-corrected chi connectivity index (χ0v) is 19.2. The van der Waals surface area contributed by atoms with Crippen LogP contribution in [-0.2, 0) is 20.8 Å². The number of aromatic nitrogens is 1. The average molecular weight is 484 g/mol. The number of anilines is 1. The number of amides is 1. The first kappa shape index (κ1) is 24.5. The van der Waals surface area contributed by atoms with E-state index in [0.717, 1.165) is 23.0 Å². The molecule has 0 aliphatic carbocycles. The number of benzene rings is 2. The third kappa shape index (κ3) is 6.01. The average Bonchev–Trinajstić information content (AvgIpc) is 3.23. The maximum atomic E-state index is 13.1. The lowest BCUT2D eigenvalue weighted by molar-refractivity contribution is -0.384. The van der Waals surface area contributed by atoms with Crippen molar-refractivity contribution in [2.24, 2.45) is 0 Å². The van der Waals surface area contributed by atoms with Gasteiger partial charge in [0.1, 0.15) is 4.88 Å². The standard InChI is InChI=1S/C23H21N3O7S/c1-3-32-22(29)20-15(2)24-23(34-20)25(13-16-8-5-4-6-9-16)19(27)14-33-21(28)17-10-7-11-18(12-17)26(30)31/h4-12H,3,13-14H2,1-2H3. The van der Waals surface area contributed by atoms with Crippen LogP contribution in [0, 0.1) is 17.0 Å². The van der Waals surface area contributed by atoms with Crippen molar-refractivity contribution in [3.8, 4) is 0 Å². The molecule has 0 saturated carbocycles. The summed E-state index contributed by atoms with van der Waals surface area (Å²) in [6.45, 7) is 3.03. The van der Waals surface area contributed by atoms with Gasteiger partial charge in [-0.05, 0) is 25.5 Å². The molecule has 0 bridgehead atoms. The Morgan fingerprint density at radius 1 is 1.06 bits per heavy atom. The van der Waals surface area contributed by atoms with Gasteiger partial charge in [-0.3, -0.25) is 19.8 Å². The Bertz CT molecular complexity index is 1210.